The van der Waals surface area contributed by atoms with E-state index in [0.29, 0.717) is 11.3 Å². The summed E-state index contributed by atoms with van der Waals surface area (Å²) in [6.45, 7) is 0.117. The number of sulfonamides is 1. The summed E-state index contributed by atoms with van der Waals surface area (Å²) in [6.07, 6.45) is -2.07. The quantitative estimate of drug-likeness (QED) is 0.540. The van der Waals surface area contributed by atoms with Gasteiger partial charge in [-0.15, -0.1) is 13.2 Å². The Morgan fingerprint density at radius 3 is 2.48 bits per heavy atom. The number of imidazole rings is 1. The molecule has 7 nitrogen and oxygen atoms in total. The normalized spacial score (nSPS) is 19.5. The van der Waals surface area contributed by atoms with Crippen LogP contribution >= 0.6 is 0 Å². The Morgan fingerprint density at radius 1 is 1.12 bits per heavy atom. The van der Waals surface area contributed by atoms with Crippen molar-refractivity contribution in [2.75, 3.05) is 18.4 Å². The number of nitrogens with one attached hydrogen (secondary N) is 1. The maximum absolute atomic E-state index is 13.4. The van der Waals surface area contributed by atoms with E-state index in [1.165, 1.54) is 51.7 Å². The standard InChI is InChI=1S/C21H20F4N4O3S/c1-28-12-20(26-13-28)33(30,31)29-10-18(14-5-7-15(22)8-6-14)19(11-29)27-16-3-2-4-17(9-16)32-21(23,24)25/h2-9,12-13,18-19,27H,10-11H2,1H3/t18-,19+/m0/s1. The Morgan fingerprint density at radius 2 is 1.85 bits per heavy atom. The average molecular weight is 484 g/mol. The minimum Gasteiger partial charge on any atom is -0.406 e. The Labute approximate surface area is 187 Å². The summed E-state index contributed by atoms with van der Waals surface area (Å²) >= 11 is 0. The molecule has 0 amide bonds. The molecule has 2 aromatic carbocycles. The van der Waals surface area contributed by atoms with Gasteiger partial charge in [-0.25, -0.2) is 17.8 Å². The molecule has 33 heavy (non-hydrogen) atoms. The highest BCUT2D eigenvalue weighted by molar-refractivity contribution is 7.89. The average Bonchev–Trinajstić information content (AvgIpc) is 3.35. The second-order valence-electron chi connectivity index (χ2n) is 7.68. The van der Waals surface area contributed by atoms with Gasteiger partial charge >= 0.3 is 6.36 Å². The van der Waals surface area contributed by atoms with Crippen LogP contribution in [0.15, 0.2) is 66.1 Å². The first-order chi connectivity index (χ1) is 15.5. The van der Waals surface area contributed by atoms with Gasteiger partial charge < -0.3 is 14.6 Å². The molecule has 0 radical (unpaired) electrons. The summed E-state index contributed by atoms with van der Waals surface area (Å²) in [7, 11) is -2.26. The van der Waals surface area contributed by atoms with Gasteiger partial charge in [-0.2, -0.15) is 4.31 Å². The Balaban J connectivity index is 1.63. The maximum Gasteiger partial charge on any atom is 0.573 e. The molecule has 1 aliphatic heterocycles. The van der Waals surface area contributed by atoms with E-state index in [-0.39, 0.29) is 18.1 Å². The molecule has 0 bridgehead atoms. The fourth-order valence-corrected chi connectivity index (χ4v) is 5.27. The number of aromatic nitrogens is 2. The third-order valence-electron chi connectivity index (χ3n) is 5.29. The summed E-state index contributed by atoms with van der Waals surface area (Å²) in [5.41, 5.74) is 1.02. The molecule has 1 N–H and O–H groups in total. The molecular weight excluding hydrogens is 464 g/mol. The van der Waals surface area contributed by atoms with Gasteiger partial charge in [0.1, 0.15) is 11.6 Å². The van der Waals surface area contributed by atoms with Crippen LogP contribution in [0.25, 0.3) is 0 Å². The van der Waals surface area contributed by atoms with Crippen molar-refractivity contribution in [1.82, 2.24) is 13.9 Å². The van der Waals surface area contributed by atoms with E-state index in [1.807, 2.05) is 0 Å². The first-order valence-electron chi connectivity index (χ1n) is 9.87. The number of anilines is 1. The topological polar surface area (TPSA) is 76.5 Å². The third-order valence-corrected chi connectivity index (χ3v) is 7.01. The predicted octanol–water partition coefficient (Wildman–Crippen LogP) is 3.73. The lowest BCUT2D eigenvalue weighted by Gasteiger charge is -2.22. The zero-order chi connectivity index (χ0) is 23.8. The molecule has 0 unspecified atom stereocenters. The van der Waals surface area contributed by atoms with Crippen molar-refractivity contribution in [3.8, 4) is 5.75 Å². The molecule has 1 fully saturated rings. The van der Waals surface area contributed by atoms with E-state index < -0.39 is 39.9 Å². The van der Waals surface area contributed by atoms with Gasteiger partial charge in [-0.05, 0) is 29.8 Å². The van der Waals surface area contributed by atoms with Crippen molar-refractivity contribution in [3.63, 3.8) is 0 Å². The SMILES string of the molecule is Cn1cnc(S(=O)(=O)N2C[C@@H](Nc3cccc(OC(F)(F)F)c3)[C@H](c3ccc(F)cc3)C2)c1. The smallest absolute Gasteiger partial charge is 0.406 e. The van der Waals surface area contributed by atoms with Crippen LogP contribution in [0.4, 0.5) is 23.2 Å². The van der Waals surface area contributed by atoms with Crippen molar-refractivity contribution in [2.24, 2.45) is 7.05 Å². The molecule has 0 spiro atoms. The summed E-state index contributed by atoms with van der Waals surface area (Å²) in [5, 5.41) is 3.01. The number of hydrogen-bond acceptors (Lipinski definition) is 5. The fraction of sp³-hybridized carbons (Fsp3) is 0.286. The van der Waals surface area contributed by atoms with Crippen LogP contribution in [-0.2, 0) is 17.1 Å². The van der Waals surface area contributed by atoms with E-state index in [2.05, 4.69) is 15.0 Å². The molecule has 2 heterocycles. The van der Waals surface area contributed by atoms with Crippen LogP contribution in [0.1, 0.15) is 11.5 Å². The zero-order valence-corrected chi connectivity index (χ0v) is 18.1. The Bertz CT molecular complexity index is 1230. The van der Waals surface area contributed by atoms with Gasteiger partial charge in [-0.3, -0.25) is 0 Å². The van der Waals surface area contributed by atoms with Crippen LogP contribution in [0.5, 0.6) is 5.75 Å². The van der Waals surface area contributed by atoms with Crippen LogP contribution in [0, 0.1) is 5.82 Å². The minimum absolute atomic E-state index is 0.0330. The Hall–Kier alpha value is -3.12. The molecule has 176 valence electrons. The highest BCUT2D eigenvalue weighted by Gasteiger charge is 2.41. The van der Waals surface area contributed by atoms with Crippen molar-refractivity contribution in [1.29, 1.82) is 0 Å². The lowest BCUT2D eigenvalue weighted by molar-refractivity contribution is -0.274. The number of nitrogens with zero attached hydrogens (tertiary/aromatic N) is 3. The minimum atomic E-state index is -4.84. The van der Waals surface area contributed by atoms with Crippen molar-refractivity contribution in [2.45, 2.75) is 23.3 Å². The maximum atomic E-state index is 13.4. The molecule has 4 rings (SSSR count). The molecular formula is C21H20F4N4O3S. The van der Waals surface area contributed by atoms with Gasteiger partial charge in [0.05, 0.1) is 6.33 Å². The highest BCUT2D eigenvalue weighted by Crippen LogP contribution is 2.34. The van der Waals surface area contributed by atoms with Crippen LogP contribution < -0.4 is 10.1 Å². The number of rotatable bonds is 6. The summed E-state index contributed by atoms with van der Waals surface area (Å²) < 4.78 is 84.2. The molecule has 1 aromatic heterocycles. The van der Waals surface area contributed by atoms with Crippen LogP contribution in [0.2, 0.25) is 0 Å². The number of hydrogen-bond donors (Lipinski definition) is 1. The lowest BCUT2D eigenvalue weighted by Crippen LogP contribution is -2.32. The molecule has 0 saturated carbocycles. The summed E-state index contributed by atoms with van der Waals surface area (Å²) in [5.74, 6) is -1.23. The van der Waals surface area contributed by atoms with E-state index >= 15 is 0 Å². The number of halogens is 4. The zero-order valence-electron chi connectivity index (χ0n) is 17.3. The molecule has 1 saturated heterocycles. The van der Waals surface area contributed by atoms with Crippen LogP contribution in [-0.4, -0.2) is 47.8 Å². The summed E-state index contributed by atoms with van der Waals surface area (Å²) in [6, 6.07) is 10.5. The molecule has 2 atom stereocenters. The molecule has 12 heteroatoms. The molecule has 3 aromatic rings. The van der Waals surface area contributed by atoms with Gasteiger partial charge in [0.25, 0.3) is 10.0 Å². The Kier molecular flexibility index (Phi) is 6.06. The van der Waals surface area contributed by atoms with E-state index in [9.17, 15) is 26.0 Å². The summed E-state index contributed by atoms with van der Waals surface area (Å²) in [4.78, 5) is 3.94. The molecule has 1 aliphatic rings. The molecule has 0 aliphatic carbocycles. The van der Waals surface area contributed by atoms with Crippen LogP contribution in [0.3, 0.4) is 0 Å². The second kappa shape index (κ2) is 8.67. The number of aryl methyl sites for hydroxylation is 1. The fourth-order valence-electron chi connectivity index (χ4n) is 3.81. The highest BCUT2D eigenvalue weighted by atomic mass is 32.2. The van der Waals surface area contributed by atoms with Gasteiger partial charge in [-0.1, -0.05) is 18.2 Å². The number of benzene rings is 2. The van der Waals surface area contributed by atoms with E-state index in [4.69, 9.17) is 0 Å². The monoisotopic (exact) mass is 484 g/mol. The van der Waals surface area contributed by atoms with E-state index in [1.54, 1.807) is 25.2 Å². The van der Waals surface area contributed by atoms with Crippen molar-refractivity contribution in [3.05, 3.63) is 72.4 Å². The first-order valence-corrected chi connectivity index (χ1v) is 11.3. The van der Waals surface area contributed by atoms with Crippen molar-refractivity contribution >= 4 is 15.7 Å². The van der Waals surface area contributed by atoms with Crippen molar-refractivity contribution < 1.29 is 30.7 Å². The second-order valence-corrected chi connectivity index (χ2v) is 9.57. The first kappa shape index (κ1) is 23.1. The van der Waals surface area contributed by atoms with E-state index in [0.717, 1.165) is 0 Å². The number of alkyl halides is 3. The lowest BCUT2D eigenvalue weighted by atomic mass is 9.94. The van der Waals surface area contributed by atoms with Gasteiger partial charge in [0.15, 0.2) is 5.03 Å². The van der Waals surface area contributed by atoms with Gasteiger partial charge in [0, 0.05) is 50.0 Å². The largest absolute Gasteiger partial charge is 0.573 e. The van der Waals surface area contributed by atoms with Gasteiger partial charge in [0.2, 0.25) is 0 Å². The predicted molar refractivity (Wildman–Crippen MR) is 112 cm³/mol. The number of ether oxygens (including phenoxy) is 1. The third kappa shape index (κ3) is 5.28.